The summed E-state index contributed by atoms with van der Waals surface area (Å²) < 4.78 is 31.2. The van der Waals surface area contributed by atoms with E-state index >= 15 is 0 Å². The Balaban J connectivity index is 2.12. The van der Waals surface area contributed by atoms with Crippen LogP contribution in [-0.4, -0.2) is 44.7 Å². The lowest BCUT2D eigenvalue weighted by Gasteiger charge is -2.39. The van der Waals surface area contributed by atoms with Crippen molar-refractivity contribution in [3.05, 3.63) is 0 Å². The summed E-state index contributed by atoms with van der Waals surface area (Å²) in [4.78, 5) is 0. The molecule has 118 valence electrons. The third-order valence-electron chi connectivity index (χ3n) is 4.71. The zero-order chi connectivity index (χ0) is 14.8. The van der Waals surface area contributed by atoms with E-state index in [2.05, 4.69) is 19.2 Å². The highest BCUT2D eigenvalue weighted by molar-refractivity contribution is 7.92. The maximum atomic E-state index is 12.8. The second-order valence-corrected chi connectivity index (χ2v) is 8.85. The van der Waals surface area contributed by atoms with Crippen LogP contribution in [0.1, 0.15) is 46.5 Å². The first-order valence-corrected chi connectivity index (χ1v) is 9.72. The summed E-state index contributed by atoms with van der Waals surface area (Å²) >= 11 is 0. The third kappa shape index (κ3) is 3.74. The maximum absolute atomic E-state index is 12.8. The molecule has 0 radical (unpaired) electrons. The van der Waals surface area contributed by atoms with Crippen molar-refractivity contribution in [1.82, 2.24) is 5.32 Å². The van der Waals surface area contributed by atoms with E-state index in [0.29, 0.717) is 12.5 Å². The minimum atomic E-state index is -3.10. The van der Waals surface area contributed by atoms with Crippen LogP contribution in [0.25, 0.3) is 0 Å². The Morgan fingerprint density at radius 2 is 2.00 bits per heavy atom. The first kappa shape index (κ1) is 16.2. The van der Waals surface area contributed by atoms with Crippen LogP contribution in [0.5, 0.6) is 0 Å². The number of nitrogens with one attached hydrogen (secondary N) is 1. The average Bonchev–Trinajstić information content (AvgIpc) is 2.79. The van der Waals surface area contributed by atoms with Gasteiger partial charge in [0.25, 0.3) is 0 Å². The van der Waals surface area contributed by atoms with Crippen molar-refractivity contribution in [2.24, 2.45) is 11.8 Å². The molecule has 1 saturated heterocycles. The van der Waals surface area contributed by atoms with Gasteiger partial charge in [0, 0.05) is 12.6 Å². The highest BCUT2D eigenvalue weighted by Crippen LogP contribution is 2.34. The molecule has 1 N–H and O–H groups in total. The summed E-state index contributed by atoms with van der Waals surface area (Å²) in [5, 5.41) is 3.16. The van der Waals surface area contributed by atoms with E-state index in [1.807, 2.05) is 6.92 Å². The molecule has 1 saturated carbocycles. The van der Waals surface area contributed by atoms with Gasteiger partial charge in [-0.2, -0.15) is 0 Å². The van der Waals surface area contributed by atoms with Gasteiger partial charge in [-0.1, -0.05) is 20.8 Å². The van der Waals surface area contributed by atoms with Crippen molar-refractivity contribution < 1.29 is 13.2 Å². The van der Waals surface area contributed by atoms with Crippen LogP contribution in [0.4, 0.5) is 0 Å². The Morgan fingerprint density at radius 1 is 1.25 bits per heavy atom. The van der Waals surface area contributed by atoms with Gasteiger partial charge in [0.15, 0.2) is 9.84 Å². The number of ether oxygens (including phenoxy) is 1. The summed E-state index contributed by atoms with van der Waals surface area (Å²) in [6, 6.07) is 0.102. The minimum absolute atomic E-state index is 0.0752. The monoisotopic (exact) mass is 303 g/mol. The van der Waals surface area contributed by atoms with Crippen LogP contribution in [0.3, 0.4) is 0 Å². The maximum Gasteiger partial charge on any atom is 0.157 e. The fourth-order valence-corrected chi connectivity index (χ4v) is 6.57. The van der Waals surface area contributed by atoms with Crippen molar-refractivity contribution in [3.63, 3.8) is 0 Å². The van der Waals surface area contributed by atoms with Crippen molar-refractivity contribution in [2.75, 3.05) is 18.9 Å². The van der Waals surface area contributed by atoms with Crippen LogP contribution >= 0.6 is 0 Å². The van der Waals surface area contributed by atoms with Gasteiger partial charge in [-0.3, -0.25) is 0 Å². The fourth-order valence-electron chi connectivity index (χ4n) is 4.04. The largest absolute Gasteiger partial charge is 0.377 e. The fraction of sp³-hybridized carbons (Fsp3) is 1.00. The molecule has 0 aromatic rings. The molecule has 5 atom stereocenters. The smallest absolute Gasteiger partial charge is 0.157 e. The average molecular weight is 303 g/mol. The molecular formula is C15H29NO3S. The number of hydrogen-bond donors (Lipinski definition) is 1. The molecule has 20 heavy (non-hydrogen) atoms. The summed E-state index contributed by atoms with van der Waals surface area (Å²) in [7, 11) is -3.10. The lowest BCUT2D eigenvalue weighted by Crippen LogP contribution is -2.53. The molecule has 1 aliphatic heterocycles. The summed E-state index contributed by atoms with van der Waals surface area (Å²) in [5.41, 5.74) is 0. The summed E-state index contributed by atoms with van der Waals surface area (Å²) in [6.07, 6.45) is 3.79. The molecule has 0 bridgehead atoms. The normalized spacial score (nSPS) is 39.0. The van der Waals surface area contributed by atoms with Crippen molar-refractivity contribution >= 4 is 9.84 Å². The van der Waals surface area contributed by atoms with E-state index < -0.39 is 9.84 Å². The molecular weight excluding hydrogens is 274 g/mol. The van der Waals surface area contributed by atoms with Crippen molar-refractivity contribution in [1.29, 1.82) is 0 Å². The molecule has 2 fully saturated rings. The molecule has 5 heteroatoms. The Kier molecular flexibility index (Phi) is 5.49. The molecule has 0 spiro atoms. The highest BCUT2D eigenvalue weighted by Gasteiger charge is 2.42. The van der Waals surface area contributed by atoms with Crippen LogP contribution in [0.15, 0.2) is 0 Å². The van der Waals surface area contributed by atoms with Crippen LogP contribution in [0.2, 0.25) is 0 Å². The standard InChI is InChI=1S/C15H29NO3S/c1-4-16-14-9-11(2)8-12(3)15(14)20(17,18)10-13-6-5-7-19-13/h11-16H,4-10H2,1-3H3. The summed E-state index contributed by atoms with van der Waals surface area (Å²) in [6.45, 7) is 7.92. The van der Waals surface area contributed by atoms with Gasteiger partial charge in [0.2, 0.25) is 0 Å². The zero-order valence-electron chi connectivity index (χ0n) is 13.0. The van der Waals surface area contributed by atoms with Crippen LogP contribution in [0, 0.1) is 11.8 Å². The van der Waals surface area contributed by atoms with Gasteiger partial charge in [-0.05, 0) is 44.1 Å². The van der Waals surface area contributed by atoms with Crippen molar-refractivity contribution in [2.45, 2.75) is 63.9 Å². The van der Waals surface area contributed by atoms with Crippen LogP contribution < -0.4 is 5.32 Å². The lowest BCUT2D eigenvalue weighted by atomic mass is 9.80. The van der Waals surface area contributed by atoms with E-state index in [0.717, 1.165) is 32.2 Å². The second-order valence-electron chi connectivity index (χ2n) is 6.65. The summed E-state index contributed by atoms with van der Waals surface area (Å²) in [5.74, 6) is 1.04. The molecule has 0 aromatic heterocycles. The molecule has 2 aliphatic rings. The molecule has 0 amide bonds. The predicted molar refractivity (Wildman–Crippen MR) is 81.6 cm³/mol. The van der Waals surface area contributed by atoms with Crippen LogP contribution in [-0.2, 0) is 14.6 Å². The Bertz CT molecular complexity index is 403. The second kappa shape index (κ2) is 6.75. The van der Waals surface area contributed by atoms with Gasteiger partial charge in [-0.15, -0.1) is 0 Å². The van der Waals surface area contributed by atoms with E-state index in [4.69, 9.17) is 4.74 Å². The minimum Gasteiger partial charge on any atom is -0.377 e. The SMILES string of the molecule is CCNC1CC(C)CC(C)C1S(=O)(=O)CC1CCCO1. The Labute approximate surface area is 123 Å². The van der Waals surface area contributed by atoms with Gasteiger partial charge in [0.05, 0.1) is 17.1 Å². The van der Waals surface area contributed by atoms with E-state index in [9.17, 15) is 8.42 Å². The van der Waals surface area contributed by atoms with Crippen molar-refractivity contribution in [3.8, 4) is 0 Å². The van der Waals surface area contributed by atoms with Gasteiger partial charge < -0.3 is 10.1 Å². The molecule has 1 heterocycles. The topological polar surface area (TPSA) is 55.4 Å². The number of hydrogen-bond acceptors (Lipinski definition) is 4. The highest BCUT2D eigenvalue weighted by atomic mass is 32.2. The molecule has 0 aromatic carbocycles. The van der Waals surface area contributed by atoms with E-state index in [1.54, 1.807) is 0 Å². The van der Waals surface area contributed by atoms with Gasteiger partial charge >= 0.3 is 0 Å². The number of rotatable bonds is 5. The first-order valence-electron chi connectivity index (χ1n) is 8.00. The quantitative estimate of drug-likeness (QED) is 0.844. The zero-order valence-corrected chi connectivity index (χ0v) is 13.8. The van der Waals surface area contributed by atoms with E-state index in [-0.39, 0.29) is 29.1 Å². The lowest BCUT2D eigenvalue weighted by molar-refractivity contribution is 0.126. The number of sulfone groups is 1. The molecule has 4 nitrogen and oxygen atoms in total. The Morgan fingerprint density at radius 3 is 2.60 bits per heavy atom. The predicted octanol–water partition coefficient (Wildman–Crippen LogP) is 1.99. The molecule has 5 unspecified atom stereocenters. The molecule has 2 rings (SSSR count). The first-order chi connectivity index (χ1) is 9.44. The van der Waals surface area contributed by atoms with Gasteiger partial charge in [-0.25, -0.2) is 8.42 Å². The van der Waals surface area contributed by atoms with Gasteiger partial charge in [0.1, 0.15) is 0 Å². The molecule has 1 aliphatic carbocycles. The third-order valence-corrected chi connectivity index (χ3v) is 7.17. The Hall–Kier alpha value is -0.130. The van der Waals surface area contributed by atoms with E-state index in [1.165, 1.54) is 0 Å².